The highest BCUT2D eigenvalue weighted by Gasteiger charge is 2.50. The molecule has 2 aliphatic heterocycles. The van der Waals surface area contributed by atoms with Gasteiger partial charge in [0.15, 0.2) is 5.65 Å². The van der Waals surface area contributed by atoms with Gasteiger partial charge >= 0.3 is 6.09 Å². The van der Waals surface area contributed by atoms with Crippen LogP contribution in [0.1, 0.15) is 35.4 Å². The van der Waals surface area contributed by atoms with Crippen molar-refractivity contribution >= 4 is 11.7 Å². The van der Waals surface area contributed by atoms with Crippen molar-refractivity contribution in [2.75, 3.05) is 19.8 Å². The molecule has 0 radical (unpaired) electrons. The zero-order valence-electron chi connectivity index (χ0n) is 19.7. The lowest BCUT2D eigenvalue weighted by molar-refractivity contribution is -0.136. The zero-order chi connectivity index (χ0) is 24.3. The minimum Gasteiger partial charge on any atom is -0.448 e. The smallest absolute Gasteiger partial charge is 0.410 e. The third kappa shape index (κ3) is 3.32. The van der Waals surface area contributed by atoms with Gasteiger partial charge in [-0.05, 0) is 22.3 Å². The molecule has 0 saturated carbocycles. The number of hydrogen-bond acceptors (Lipinski definition) is 6. The van der Waals surface area contributed by atoms with Crippen molar-refractivity contribution < 1.29 is 19.4 Å². The highest BCUT2D eigenvalue weighted by molar-refractivity contribution is 5.79. The van der Waals surface area contributed by atoms with Crippen molar-refractivity contribution in [3.8, 4) is 11.1 Å². The molecule has 8 heteroatoms. The van der Waals surface area contributed by atoms with Crippen molar-refractivity contribution in [2.45, 2.75) is 36.4 Å². The molecule has 1 aliphatic carbocycles. The van der Waals surface area contributed by atoms with E-state index in [2.05, 4.69) is 34.3 Å². The van der Waals surface area contributed by atoms with Gasteiger partial charge in [-0.3, -0.25) is 4.90 Å². The lowest BCUT2D eigenvalue weighted by atomic mass is 9.78. The Morgan fingerprint density at radius 1 is 1.03 bits per heavy atom. The van der Waals surface area contributed by atoms with Crippen molar-refractivity contribution in [2.24, 2.45) is 0 Å². The first-order valence-corrected chi connectivity index (χ1v) is 12.3. The van der Waals surface area contributed by atoms with Crippen LogP contribution in [0.25, 0.3) is 16.8 Å². The predicted octanol–water partition coefficient (Wildman–Crippen LogP) is 3.73. The summed E-state index contributed by atoms with van der Waals surface area (Å²) >= 11 is 0. The first kappa shape index (κ1) is 21.5. The number of carbonyl (C=O) groups excluding carboxylic acids is 1. The fourth-order valence-corrected chi connectivity index (χ4v) is 6.23. The van der Waals surface area contributed by atoms with Gasteiger partial charge in [0.2, 0.25) is 0 Å². The molecule has 1 N–H and O–H groups in total. The number of morpholine rings is 1. The summed E-state index contributed by atoms with van der Waals surface area (Å²) in [6, 6.07) is 17.9. The summed E-state index contributed by atoms with van der Waals surface area (Å²) in [5.41, 5.74) is 5.07. The molecule has 7 rings (SSSR count). The van der Waals surface area contributed by atoms with Gasteiger partial charge in [-0.2, -0.15) is 5.10 Å². The van der Waals surface area contributed by atoms with E-state index >= 15 is 0 Å². The normalized spacial score (nSPS) is 25.0. The number of aliphatic hydroxyl groups is 1. The molecule has 36 heavy (non-hydrogen) atoms. The average molecular weight is 483 g/mol. The first-order valence-electron chi connectivity index (χ1n) is 12.3. The number of fused-ring (bicyclic) bond motifs is 6. The zero-order valence-corrected chi connectivity index (χ0v) is 19.7. The van der Waals surface area contributed by atoms with Crippen LogP contribution in [0.3, 0.4) is 0 Å². The van der Waals surface area contributed by atoms with Crippen LogP contribution in [0.5, 0.6) is 0 Å². The van der Waals surface area contributed by atoms with Gasteiger partial charge in [-0.25, -0.2) is 14.3 Å². The van der Waals surface area contributed by atoms with Gasteiger partial charge < -0.3 is 14.6 Å². The van der Waals surface area contributed by atoms with Gasteiger partial charge in [-0.15, -0.1) is 0 Å². The Labute approximate surface area is 208 Å². The van der Waals surface area contributed by atoms with Crippen LogP contribution in [-0.2, 0) is 15.1 Å². The Kier molecular flexibility index (Phi) is 4.87. The summed E-state index contributed by atoms with van der Waals surface area (Å²) in [7, 11) is 0. The summed E-state index contributed by atoms with van der Waals surface area (Å²) in [6.45, 7) is 0.995. The van der Waals surface area contributed by atoms with Crippen LogP contribution in [0.2, 0.25) is 0 Å². The fraction of sp³-hybridized carbons (Fsp3) is 0.321. The minimum absolute atomic E-state index is 0.00559. The number of rotatable bonds is 3. The van der Waals surface area contributed by atoms with Crippen LogP contribution < -0.4 is 0 Å². The number of piperidine rings is 1. The van der Waals surface area contributed by atoms with E-state index in [1.54, 1.807) is 21.8 Å². The molecule has 2 unspecified atom stereocenters. The van der Waals surface area contributed by atoms with Gasteiger partial charge in [0.1, 0.15) is 6.61 Å². The van der Waals surface area contributed by atoms with Crippen molar-refractivity contribution in [1.29, 1.82) is 0 Å². The SMILES string of the molecule is O=C(OCC1c2ccccc2-c2ccccc21)N1C2COCC1CC(O)(c1cnc3ccnn3c1)C2. The summed E-state index contributed by atoms with van der Waals surface area (Å²) in [5.74, 6) is 0.00559. The van der Waals surface area contributed by atoms with E-state index in [0.29, 0.717) is 31.6 Å². The second-order valence-corrected chi connectivity index (χ2v) is 9.97. The maximum atomic E-state index is 13.4. The molecule has 2 aromatic carbocycles. The Hall–Kier alpha value is -3.75. The van der Waals surface area contributed by atoms with E-state index in [-0.39, 0.29) is 30.7 Å². The van der Waals surface area contributed by atoms with Crippen molar-refractivity contribution in [1.82, 2.24) is 19.5 Å². The van der Waals surface area contributed by atoms with Crippen molar-refractivity contribution in [3.63, 3.8) is 0 Å². The molecule has 8 nitrogen and oxygen atoms in total. The van der Waals surface area contributed by atoms with E-state index in [9.17, 15) is 9.90 Å². The molecule has 2 saturated heterocycles. The summed E-state index contributed by atoms with van der Waals surface area (Å²) in [6.07, 6.45) is 5.55. The fourth-order valence-electron chi connectivity index (χ4n) is 6.23. The topological polar surface area (TPSA) is 89.2 Å². The molecule has 2 aromatic heterocycles. The maximum absolute atomic E-state index is 13.4. The molecule has 3 aliphatic rings. The number of carbonyl (C=O) groups is 1. The average Bonchev–Trinajstić information content (AvgIpc) is 3.49. The largest absolute Gasteiger partial charge is 0.448 e. The Bertz CT molecular complexity index is 1410. The predicted molar refractivity (Wildman–Crippen MR) is 131 cm³/mol. The number of amides is 1. The number of benzene rings is 2. The molecular formula is C28H26N4O4. The third-order valence-electron chi connectivity index (χ3n) is 7.88. The van der Waals surface area contributed by atoms with Crippen LogP contribution in [0.15, 0.2) is 73.2 Å². The van der Waals surface area contributed by atoms with E-state index < -0.39 is 5.60 Å². The standard InChI is InChI=1S/C28H26N4O4/c33-27(36-17-25-23-7-3-1-5-21(23)22-6-2-4-8-24(22)25)32-19-11-28(34,12-20(32)16-35-15-19)18-13-29-26-9-10-30-31(26)14-18/h1-10,13-14,19-20,25,34H,11-12,15-17H2. The van der Waals surface area contributed by atoms with E-state index in [1.807, 2.05) is 36.5 Å². The van der Waals surface area contributed by atoms with Gasteiger partial charge in [0.05, 0.1) is 37.1 Å². The Balaban J connectivity index is 1.11. The van der Waals surface area contributed by atoms with Crippen LogP contribution in [-0.4, -0.2) is 62.6 Å². The second kappa shape index (κ2) is 8.15. The monoisotopic (exact) mass is 482 g/mol. The van der Waals surface area contributed by atoms with Gasteiger partial charge in [0.25, 0.3) is 0 Å². The van der Waals surface area contributed by atoms with Crippen LogP contribution in [0.4, 0.5) is 4.79 Å². The van der Waals surface area contributed by atoms with E-state index in [0.717, 1.165) is 5.65 Å². The quantitative estimate of drug-likeness (QED) is 0.479. The lowest BCUT2D eigenvalue weighted by Crippen LogP contribution is -2.62. The van der Waals surface area contributed by atoms with Crippen LogP contribution in [0, 0.1) is 0 Å². The highest BCUT2D eigenvalue weighted by Crippen LogP contribution is 2.45. The highest BCUT2D eigenvalue weighted by atomic mass is 16.6. The molecule has 4 heterocycles. The number of ether oxygens (including phenoxy) is 2. The second-order valence-electron chi connectivity index (χ2n) is 9.97. The maximum Gasteiger partial charge on any atom is 0.410 e. The van der Waals surface area contributed by atoms with Crippen molar-refractivity contribution in [3.05, 3.63) is 89.9 Å². The van der Waals surface area contributed by atoms with E-state index in [4.69, 9.17) is 9.47 Å². The molecule has 2 atom stereocenters. The third-order valence-corrected chi connectivity index (χ3v) is 7.88. The molecular weight excluding hydrogens is 456 g/mol. The molecule has 182 valence electrons. The van der Waals surface area contributed by atoms with Crippen LogP contribution >= 0.6 is 0 Å². The number of nitrogens with zero attached hydrogens (tertiary/aromatic N) is 4. The number of hydrogen-bond donors (Lipinski definition) is 1. The summed E-state index contributed by atoms with van der Waals surface area (Å²) in [4.78, 5) is 19.6. The molecule has 2 bridgehead atoms. The summed E-state index contributed by atoms with van der Waals surface area (Å²) < 4.78 is 13.4. The van der Waals surface area contributed by atoms with E-state index in [1.165, 1.54) is 22.3 Å². The summed E-state index contributed by atoms with van der Waals surface area (Å²) in [5, 5.41) is 15.9. The molecule has 0 spiro atoms. The molecule has 1 amide bonds. The van der Waals surface area contributed by atoms with Gasteiger partial charge in [-0.1, -0.05) is 48.5 Å². The molecule has 2 fully saturated rings. The Morgan fingerprint density at radius 3 is 2.39 bits per heavy atom. The lowest BCUT2D eigenvalue weighted by Gasteiger charge is -2.50. The Morgan fingerprint density at radius 2 is 1.69 bits per heavy atom. The van der Waals surface area contributed by atoms with Gasteiger partial charge in [0, 0.05) is 42.8 Å². The minimum atomic E-state index is -1.12. The number of aromatic nitrogens is 3. The molecule has 4 aromatic rings. The first-order chi connectivity index (χ1) is 17.6.